The number of carbonyl (C=O) groups is 2. The Kier molecular flexibility index (Phi) is 14.4. The van der Waals surface area contributed by atoms with Crippen molar-refractivity contribution < 1.29 is 14.3 Å². The predicted octanol–water partition coefficient (Wildman–Crippen LogP) is 1.89. The summed E-state index contributed by atoms with van der Waals surface area (Å²) in [6, 6.07) is 0. The molecule has 74 valence electrons. The first-order valence-electron chi connectivity index (χ1n) is 4.08. The molecule has 0 spiro atoms. The summed E-state index contributed by atoms with van der Waals surface area (Å²) < 4.78 is 4.58. The van der Waals surface area contributed by atoms with Gasteiger partial charge in [-0.15, -0.1) is 0 Å². The first-order chi connectivity index (χ1) is 6.22. The van der Waals surface area contributed by atoms with Crippen molar-refractivity contribution >= 4 is 12.3 Å². The van der Waals surface area contributed by atoms with Crippen LogP contribution in [0.3, 0.4) is 0 Å². The van der Waals surface area contributed by atoms with Crippen LogP contribution in [0.5, 0.6) is 0 Å². The fourth-order valence-electron chi connectivity index (χ4n) is 0.340. The van der Waals surface area contributed by atoms with E-state index in [1.54, 1.807) is 13.0 Å². The molecule has 0 aromatic rings. The maximum absolute atomic E-state index is 10.2. The summed E-state index contributed by atoms with van der Waals surface area (Å²) in [5.41, 5.74) is 0. The molecule has 3 nitrogen and oxygen atoms in total. The lowest BCUT2D eigenvalue weighted by Crippen LogP contribution is -1.99. The highest BCUT2D eigenvalue weighted by atomic mass is 16.5. The van der Waals surface area contributed by atoms with Crippen molar-refractivity contribution in [3.63, 3.8) is 0 Å². The molecule has 0 amide bonds. The van der Waals surface area contributed by atoms with E-state index in [1.165, 1.54) is 6.08 Å². The number of hydrogen-bond donors (Lipinski definition) is 0. The Morgan fingerprint density at radius 1 is 1.54 bits per heavy atom. The van der Waals surface area contributed by atoms with Gasteiger partial charge in [-0.3, -0.25) is 4.79 Å². The van der Waals surface area contributed by atoms with Crippen molar-refractivity contribution in [2.75, 3.05) is 6.61 Å². The Balaban J connectivity index is 0. The van der Waals surface area contributed by atoms with Crippen molar-refractivity contribution in [2.24, 2.45) is 0 Å². The van der Waals surface area contributed by atoms with E-state index < -0.39 is 0 Å². The summed E-state index contributed by atoms with van der Waals surface area (Å²) in [7, 11) is 0. The summed E-state index contributed by atoms with van der Waals surface area (Å²) in [6.45, 7) is 7.47. The van der Waals surface area contributed by atoms with Gasteiger partial charge in [0.05, 0.1) is 6.61 Å². The van der Waals surface area contributed by atoms with Gasteiger partial charge in [0.15, 0.2) is 0 Å². The van der Waals surface area contributed by atoms with Crippen LogP contribution in [0.25, 0.3) is 0 Å². The van der Waals surface area contributed by atoms with Gasteiger partial charge in [0.25, 0.3) is 0 Å². The van der Waals surface area contributed by atoms with E-state index in [0.29, 0.717) is 6.61 Å². The number of esters is 1. The van der Waals surface area contributed by atoms with Crippen LogP contribution < -0.4 is 0 Å². The quantitative estimate of drug-likeness (QED) is 0.380. The third-order valence-corrected chi connectivity index (χ3v) is 0.886. The molecule has 0 bridgehead atoms. The molecule has 13 heavy (non-hydrogen) atoms. The predicted molar refractivity (Wildman–Crippen MR) is 52.3 cm³/mol. The van der Waals surface area contributed by atoms with E-state index >= 15 is 0 Å². The molecule has 0 aromatic heterocycles. The summed E-state index contributed by atoms with van der Waals surface area (Å²) in [4.78, 5) is 19.5. The summed E-state index contributed by atoms with van der Waals surface area (Å²) in [5.74, 6) is -0.341. The van der Waals surface area contributed by atoms with Crippen LogP contribution >= 0.6 is 0 Å². The van der Waals surface area contributed by atoms with E-state index in [-0.39, 0.29) is 5.97 Å². The average molecular weight is 184 g/mol. The highest BCUT2D eigenvalue weighted by Crippen LogP contribution is 1.81. The zero-order chi connectivity index (χ0) is 10.5. The van der Waals surface area contributed by atoms with E-state index in [2.05, 4.69) is 11.3 Å². The Morgan fingerprint density at radius 3 is 2.38 bits per heavy atom. The van der Waals surface area contributed by atoms with Gasteiger partial charge in [-0.2, -0.15) is 0 Å². The van der Waals surface area contributed by atoms with Crippen molar-refractivity contribution in [1.82, 2.24) is 0 Å². The first-order valence-corrected chi connectivity index (χ1v) is 4.08. The zero-order valence-electron chi connectivity index (χ0n) is 8.16. The highest BCUT2D eigenvalue weighted by molar-refractivity contribution is 5.81. The Bertz CT molecular complexity index is 171. The Morgan fingerprint density at radius 2 is 2.15 bits per heavy atom. The van der Waals surface area contributed by atoms with Crippen LogP contribution in [0.15, 0.2) is 24.8 Å². The lowest BCUT2D eigenvalue weighted by molar-refractivity contribution is -0.137. The van der Waals surface area contributed by atoms with Crippen LogP contribution in [-0.2, 0) is 14.3 Å². The lowest BCUT2D eigenvalue weighted by atomic mass is 10.5. The van der Waals surface area contributed by atoms with Crippen LogP contribution in [0, 0.1) is 0 Å². The molecule has 0 N–H and O–H groups in total. The number of rotatable bonds is 4. The number of allylic oxidation sites excluding steroid dienone is 2. The molecule has 0 rings (SSSR count). The second-order valence-corrected chi connectivity index (χ2v) is 2.03. The molecule has 0 unspecified atom stereocenters. The zero-order valence-corrected chi connectivity index (χ0v) is 8.16. The van der Waals surface area contributed by atoms with E-state index in [0.717, 1.165) is 18.8 Å². The minimum atomic E-state index is -0.341. The average Bonchev–Trinajstić information content (AvgIpc) is 2.16. The van der Waals surface area contributed by atoms with Gasteiger partial charge in [-0.25, -0.2) is 4.79 Å². The van der Waals surface area contributed by atoms with Gasteiger partial charge in [0.1, 0.15) is 6.29 Å². The summed E-state index contributed by atoms with van der Waals surface area (Å²) in [5, 5.41) is 0. The van der Waals surface area contributed by atoms with Crippen LogP contribution in [0.1, 0.15) is 20.3 Å². The van der Waals surface area contributed by atoms with Crippen molar-refractivity contribution in [2.45, 2.75) is 20.3 Å². The molecule has 0 saturated carbocycles. The topological polar surface area (TPSA) is 43.4 Å². The maximum atomic E-state index is 10.2. The van der Waals surface area contributed by atoms with Crippen molar-refractivity contribution in [3.05, 3.63) is 24.8 Å². The molecular formula is C10H16O3. The van der Waals surface area contributed by atoms with E-state index in [9.17, 15) is 9.59 Å². The van der Waals surface area contributed by atoms with Crippen LogP contribution in [-0.4, -0.2) is 18.9 Å². The Labute approximate surface area is 79.1 Å². The maximum Gasteiger partial charge on any atom is 0.330 e. The lowest BCUT2D eigenvalue weighted by Gasteiger charge is -1.94. The van der Waals surface area contributed by atoms with Gasteiger partial charge in [0.2, 0.25) is 0 Å². The second kappa shape index (κ2) is 13.2. The highest BCUT2D eigenvalue weighted by Gasteiger charge is 1.89. The van der Waals surface area contributed by atoms with Gasteiger partial charge >= 0.3 is 5.97 Å². The normalized spacial score (nSPS) is 8.46. The van der Waals surface area contributed by atoms with Crippen molar-refractivity contribution in [1.29, 1.82) is 0 Å². The van der Waals surface area contributed by atoms with E-state index in [1.807, 2.05) is 6.92 Å². The fraction of sp³-hybridized carbons (Fsp3) is 0.400. The summed E-state index contributed by atoms with van der Waals surface area (Å²) >= 11 is 0. The molecule has 0 aliphatic rings. The molecule has 0 fully saturated rings. The Hall–Kier alpha value is -1.38. The molecular weight excluding hydrogens is 168 g/mol. The summed E-state index contributed by atoms with van der Waals surface area (Å²) in [6.07, 6.45) is 5.90. The smallest absolute Gasteiger partial charge is 0.330 e. The monoisotopic (exact) mass is 184 g/mol. The number of carbonyl (C=O) groups excluding carboxylic acids is 2. The number of ether oxygens (including phenoxy) is 1. The molecule has 0 aromatic carbocycles. The molecule has 0 heterocycles. The van der Waals surface area contributed by atoms with Gasteiger partial charge in [-0.05, 0) is 19.4 Å². The minimum Gasteiger partial charge on any atom is -0.463 e. The van der Waals surface area contributed by atoms with Gasteiger partial charge in [-0.1, -0.05) is 19.6 Å². The molecule has 0 aliphatic carbocycles. The SMILES string of the molecule is C=CC(=O)OCCC.CC=CC=O. The molecule has 0 atom stereocenters. The van der Waals surface area contributed by atoms with Gasteiger partial charge < -0.3 is 4.74 Å². The number of hydrogen-bond acceptors (Lipinski definition) is 3. The van der Waals surface area contributed by atoms with Gasteiger partial charge in [0, 0.05) is 6.08 Å². The van der Waals surface area contributed by atoms with E-state index in [4.69, 9.17) is 0 Å². The number of aldehydes is 1. The minimum absolute atomic E-state index is 0.341. The fourth-order valence-corrected chi connectivity index (χ4v) is 0.340. The molecule has 3 heteroatoms. The third kappa shape index (κ3) is 18.0. The molecule has 0 aliphatic heterocycles. The standard InChI is InChI=1S/C6H10O2.C4H6O/c1-3-5-8-6(7)4-2;1-2-3-4-5/h4H,2-3,5H2,1H3;2-4H,1H3. The van der Waals surface area contributed by atoms with Crippen molar-refractivity contribution in [3.8, 4) is 0 Å². The van der Waals surface area contributed by atoms with Crippen LogP contribution in [0.2, 0.25) is 0 Å². The molecule has 0 saturated heterocycles. The largest absolute Gasteiger partial charge is 0.463 e. The second-order valence-electron chi connectivity index (χ2n) is 2.03. The molecule has 0 radical (unpaired) electrons. The third-order valence-electron chi connectivity index (χ3n) is 0.886. The van der Waals surface area contributed by atoms with Crippen LogP contribution in [0.4, 0.5) is 0 Å². The first kappa shape index (κ1) is 14.2.